The number of hydrogen-bond acceptors (Lipinski definition) is 6. The van der Waals surface area contributed by atoms with E-state index in [2.05, 4.69) is 14.9 Å². The second kappa shape index (κ2) is 5.45. The summed E-state index contributed by atoms with van der Waals surface area (Å²) in [5, 5.41) is 6.89. The summed E-state index contributed by atoms with van der Waals surface area (Å²) in [6.07, 6.45) is 0. The summed E-state index contributed by atoms with van der Waals surface area (Å²) in [6, 6.07) is 9.48. The van der Waals surface area contributed by atoms with E-state index < -0.39 is 11.8 Å². The molecule has 0 aliphatic carbocycles. The Kier molecular flexibility index (Phi) is 3.49. The summed E-state index contributed by atoms with van der Waals surface area (Å²) in [5.41, 5.74) is 1.65. The van der Waals surface area contributed by atoms with Gasteiger partial charge in [0.1, 0.15) is 11.3 Å². The molecular weight excluding hydrogens is 293 g/mol. The number of esters is 1. The van der Waals surface area contributed by atoms with E-state index in [9.17, 15) is 9.18 Å². The maximum Gasteiger partial charge on any atom is 0.340 e. The molecule has 0 unspecified atom stereocenters. The van der Waals surface area contributed by atoms with Gasteiger partial charge in [-0.2, -0.15) is 0 Å². The van der Waals surface area contributed by atoms with Gasteiger partial charge in [0.2, 0.25) is 0 Å². The van der Waals surface area contributed by atoms with E-state index in [0.29, 0.717) is 21.5 Å². The van der Waals surface area contributed by atoms with Crippen LogP contribution in [0.5, 0.6) is 0 Å². The second-order valence-electron chi connectivity index (χ2n) is 4.21. The molecule has 1 heterocycles. The molecule has 0 bridgehead atoms. The van der Waals surface area contributed by atoms with E-state index in [0.717, 1.165) is 11.5 Å². The third kappa shape index (κ3) is 2.43. The minimum atomic E-state index is -0.510. The highest BCUT2D eigenvalue weighted by Crippen LogP contribution is 2.32. The highest BCUT2D eigenvalue weighted by Gasteiger charge is 2.18. The molecule has 3 rings (SSSR count). The van der Waals surface area contributed by atoms with Crippen LogP contribution in [-0.4, -0.2) is 22.7 Å². The van der Waals surface area contributed by atoms with Crippen molar-refractivity contribution in [1.29, 1.82) is 0 Å². The first kappa shape index (κ1) is 13.4. The van der Waals surface area contributed by atoms with Gasteiger partial charge in [-0.25, -0.2) is 9.18 Å². The van der Waals surface area contributed by atoms with Crippen LogP contribution in [0.25, 0.3) is 10.2 Å². The van der Waals surface area contributed by atoms with Gasteiger partial charge in [-0.05, 0) is 35.8 Å². The van der Waals surface area contributed by atoms with Crippen LogP contribution < -0.4 is 5.32 Å². The van der Waals surface area contributed by atoms with Crippen molar-refractivity contribution in [3.05, 3.63) is 47.8 Å². The molecule has 0 spiro atoms. The van der Waals surface area contributed by atoms with E-state index in [1.807, 2.05) is 0 Å². The average molecular weight is 303 g/mol. The van der Waals surface area contributed by atoms with Gasteiger partial charge in [0.25, 0.3) is 0 Å². The highest BCUT2D eigenvalue weighted by atomic mass is 32.1. The molecule has 0 amide bonds. The molecule has 106 valence electrons. The Morgan fingerprint density at radius 2 is 2.10 bits per heavy atom. The standard InChI is InChI=1S/C14H10FN3O2S/c1-20-14(19)8-6-7-11-13(21-18-17-11)12(8)16-10-5-3-2-4-9(10)15/h2-7,16H,1H3. The van der Waals surface area contributed by atoms with Gasteiger partial charge < -0.3 is 10.1 Å². The number of hydrogen-bond donors (Lipinski definition) is 1. The lowest BCUT2D eigenvalue weighted by molar-refractivity contribution is 0.0602. The summed E-state index contributed by atoms with van der Waals surface area (Å²) in [6.45, 7) is 0. The summed E-state index contributed by atoms with van der Waals surface area (Å²) >= 11 is 1.13. The first-order chi connectivity index (χ1) is 10.2. The number of halogens is 1. The molecule has 0 aliphatic heterocycles. The zero-order valence-corrected chi connectivity index (χ0v) is 11.8. The second-order valence-corrected chi connectivity index (χ2v) is 4.96. The van der Waals surface area contributed by atoms with E-state index in [-0.39, 0.29) is 5.69 Å². The predicted molar refractivity (Wildman–Crippen MR) is 78.4 cm³/mol. The summed E-state index contributed by atoms with van der Waals surface area (Å²) < 4.78 is 23.1. The number of ether oxygens (including phenoxy) is 1. The largest absolute Gasteiger partial charge is 0.465 e. The number of benzene rings is 2. The Bertz CT molecular complexity index is 819. The third-order valence-corrected chi connectivity index (χ3v) is 3.72. The van der Waals surface area contributed by atoms with Crippen LogP contribution in [0.3, 0.4) is 0 Å². The molecule has 21 heavy (non-hydrogen) atoms. The Morgan fingerprint density at radius 3 is 2.86 bits per heavy atom. The van der Waals surface area contributed by atoms with Crippen LogP contribution in [0.1, 0.15) is 10.4 Å². The van der Waals surface area contributed by atoms with Gasteiger partial charge in [-0.3, -0.25) is 0 Å². The van der Waals surface area contributed by atoms with Crippen LogP contribution >= 0.6 is 11.5 Å². The molecule has 0 fully saturated rings. The van der Waals surface area contributed by atoms with E-state index in [4.69, 9.17) is 4.74 Å². The van der Waals surface area contributed by atoms with Crippen molar-refractivity contribution in [2.45, 2.75) is 0 Å². The van der Waals surface area contributed by atoms with Gasteiger partial charge >= 0.3 is 5.97 Å². The Hall–Kier alpha value is -2.54. The van der Waals surface area contributed by atoms with Gasteiger partial charge in [0.15, 0.2) is 0 Å². The fourth-order valence-corrected chi connectivity index (χ4v) is 2.61. The summed E-state index contributed by atoms with van der Waals surface area (Å²) in [5.74, 6) is -0.924. The lowest BCUT2D eigenvalue weighted by atomic mass is 10.1. The number of para-hydroxylation sites is 1. The summed E-state index contributed by atoms with van der Waals surface area (Å²) in [7, 11) is 1.30. The van der Waals surface area contributed by atoms with E-state index in [1.54, 1.807) is 30.3 Å². The van der Waals surface area contributed by atoms with Gasteiger partial charge in [0.05, 0.1) is 28.7 Å². The van der Waals surface area contributed by atoms with Crippen molar-refractivity contribution < 1.29 is 13.9 Å². The van der Waals surface area contributed by atoms with Crippen molar-refractivity contribution in [2.24, 2.45) is 0 Å². The molecule has 0 saturated heterocycles. The molecule has 0 atom stereocenters. The fraction of sp³-hybridized carbons (Fsp3) is 0.0714. The zero-order valence-electron chi connectivity index (χ0n) is 11.0. The van der Waals surface area contributed by atoms with Crippen molar-refractivity contribution in [3.63, 3.8) is 0 Å². The molecular formula is C14H10FN3O2S. The SMILES string of the molecule is COC(=O)c1ccc2nnsc2c1Nc1ccccc1F. The number of carbonyl (C=O) groups excluding carboxylic acids is 1. The summed E-state index contributed by atoms with van der Waals surface area (Å²) in [4.78, 5) is 11.9. The molecule has 7 heteroatoms. The van der Waals surface area contributed by atoms with E-state index >= 15 is 0 Å². The molecule has 3 aromatic rings. The lowest BCUT2D eigenvalue weighted by Gasteiger charge is -2.11. The van der Waals surface area contributed by atoms with Gasteiger partial charge in [-0.1, -0.05) is 16.6 Å². The van der Waals surface area contributed by atoms with Crippen molar-refractivity contribution >= 4 is 39.1 Å². The monoisotopic (exact) mass is 303 g/mol. The van der Waals surface area contributed by atoms with Gasteiger partial charge in [-0.15, -0.1) is 5.10 Å². The normalized spacial score (nSPS) is 10.6. The maximum atomic E-state index is 13.8. The number of fused-ring (bicyclic) bond motifs is 1. The molecule has 0 aliphatic rings. The average Bonchev–Trinajstić information content (AvgIpc) is 2.98. The van der Waals surface area contributed by atoms with Crippen LogP contribution in [0, 0.1) is 5.82 Å². The molecule has 1 N–H and O–H groups in total. The van der Waals surface area contributed by atoms with Crippen LogP contribution in [0.15, 0.2) is 36.4 Å². The first-order valence-electron chi connectivity index (χ1n) is 6.05. The quantitative estimate of drug-likeness (QED) is 0.752. The van der Waals surface area contributed by atoms with Crippen molar-refractivity contribution in [3.8, 4) is 0 Å². The fourth-order valence-electron chi connectivity index (χ4n) is 1.95. The number of nitrogens with zero attached hydrogens (tertiary/aromatic N) is 2. The predicted octanol–water partition coefficient (Wildman–Crippen LogP) is 3.36. The molecule has 2 aromatic carbocycles. The number of rotatable bonds is 3. The zero-order chi connectivity index (χ0) is 14.8. The van der Waals surface area contributed by atoms with Gasteiger partial charge in [0, 0.05) is 0 Å². The van der Waals surface area contributed by atoms with Crippen LogP contribution in [-0.2, 0) is 4.74 Å². The molecule has 0 radical (unpaired) electrons. The Labute approximate surface area is 123 Å². The molecule has 0 saturated carbocycles. The van der Waals surface area contributed by atoms with Crippen molar-refractivity contribution in [2.75, 3.05) is 12.4 Å². The van der Waals surface area contributed by atoms with Crippen LogP contribution in [0.4, 0.5) is 15.8 Å². The van der Waals surface area contributed by atoms with Crippen molar-refractivity contribution in [1.82, 2.24) is 9.59 Å². The number of nitrogens with one attached hydrogen (secondary N) is 1. The Morgan fingerprint density at radius 1 is 1.29 bits per heavy atom. The lowest BCUT2D eigenvalue weighted by Crippen LogP contribution is -2.06. The number of carbonyl (C=O) groups is 1. The van der Waals surface area contributed by atoms with Crippen LogP contribution in [0.2, 0.25) is 0 Å². The maximum absolute atomic E-state index is 13.8. The molecule has 1 aromatic heterocycles. The Balaban J connectivity index is 2.17. The topological polar surface area (TPSA) is 64.1 Å². The van der Waals surface area contributed by atoms with E-state index in [1.165, 1.54) is 13.2 Å². The smallest absolute Gasteiger partial charge is 0.340 e. The number of anilines is 2. The molecule has 5 nitrogen and oxygen atoms in total. The minimum absolute atomic E-state index is 0.267. The highest BCUT2D eigenvalue weighted by molar-refractivity contribution is 7.13. The first-order valence-corrected chi connectivity index (χ1v) is 6.83. The number of aromatic nitrogens is 2. The minimum Gasteiger partial charge on any atom is -0.465 e. The third-order valence-electron chi connectivity index (χ3n) is 2.96. The number of methoxy groups -OCH3 is 1.